The van der Waals surface area contributed by atoms with Gasteiger partial charge in [0.25, 0.3) is 0 Å². The van der Waals surface area contributed by atoms with Crippen LogP contribution in [0.25, 0.3) is 10.4 Å². The maximum Gasteiger partial charge on any atom is 0.151 e. The summed E-state index contributed by atoms with van der Waals surface area (Å²) >= 11 is 1.67. The van der Waals surface area contributed by atoms with Gasteiger partial charge >= 0.3 is 0 Å². The topological polar surface area (TPSA) is 45.2 Å². The third-order valence-corrected chi connectivity index (χ3v) is 5.99. The summed E-state index contributed by atoms with van der Waals surface area (Å²) in [6, 6.07) is 4.05. The first-order valence-electron chi connectivity index (χ1n) is 7.82. The predicted molar refractivity (Wildman–Crippen MR) is 88.0 cm³/mol. The molecule has 2 aromatic heterocycles. The maximum absolute atomic E-state index is 11.6. The molecule has 3 aliphatic heterocycles. The Bertz CT molecular complexity index is 662. The van der Waals surface area contributed by atoms with E-state index in [-0.39, 0.29) is 0 Å². The molecule has 2 bridgehead atoms. The molecule has 5 heteroatoms. The van der Waals surface area contributed by atoms with Crippen molar-refractivity contribution in [3.05, 3.63) is 41.0 Å². The molecule has 0 aromatic carbocycles. The Kier molecular flexibility index (Phi) is 3.78. The summed E-state index contributed by atoms with van der Waals surface area (Å²) in [5, 5.41) is 4.33. The number of nitrogens with one attached hydrogen (secondary N) is 1. The molecule has 1 unspecified atom stereocenters. The minimum Gasteiger partial charge on any atom is -0.298 e. The van der Waals surface area contributed by atoms with Crippen molar-refractivity contribution in [2.75, 3.05) is 19.6 Å². The maximum atomic E-state index is 11.6. The molecule has 3 aliphatic rings. The van der Waals surface area contributed by atoms with Crippen molar-refractivity contribution < 1.29 is 4.79 Å². The molecular weight excluding hydrogens is 294 g/mol. The Balaban J connectivity index is 1.80. The lowest BCUT2D eigenvalue weighted by Gasteiger charge is -2.28. The van der Waals surface area contributed by atoms with Gasteiger partial charge in [-0.15, -0.1) is 11.3 Å². The van der Waals surface area contributed by atoms with Crippen LogP contribution in [0.15, 0.2) is 29.9 Å². The Morgan fingerprint density at radius 1 is 1.36 bits per heavy atom. The number of aromatic nitrogens is 1. The van der Waals surface area contributed by atoms with E-state index in [0.717, 1.165) is 37.0 Å². The van der Waals surface area contributed by atoms with Gasteiger partial charge in [-0.2, -0.15) is 0 Å². The van der Waals surface area contributed by atoms with E-state index in [4.69, 9.17) is 0 Å². The largest absolute Gasteiger partial charge is 0.298 e. The van der Waals surface area contributed by atoms with Crippen LogP contribution in [-0.4, -0.2) is 35.9 Å². The summed E-state index contributed by atoms with van der Waals surface area (Å²) in [4.78, 5) is 17.0. The summed E-state index contributed by atoms with van der Waals surface area (Å²) in [6.45, 7) is 3.16. The Morgan fingerprint density at radius 2 is 2.23 bits per heavy atom. The van der Waals surface area contributed by atoms with E-state index in [9.17, 15) is 4.79 Å². The van der Waals surface area contributed by atoms with E-state index in [1.54, 1.807) is 17.5 Å². The van der Waals surface area contributed by atoms with E-state index in [1.807, 2.05) is 17.6 Å². The van der Waals surface area contributed by atoms with E-state index in [0.29, 0.717) is 11.8 Å². The molecule has 4 nitrogen and oxygen atoms in total. The molecule has 22 heavy (non-hydrogen) atoms. The Labute approximate surface area is 134 Å². The molecule has 1 atom stereocenters. The first-order valence-corrected chi connectivity index (χ1v) is 8.70. The molecule has 1 N–H and O–H groups in total. The SMILES string of the molecule is O=Cc1csc(-c2cccnc2)c1C1CNN2CCC1CC2. The summed E-state index contributed by atoms with van der Waals surface area (Å²) in [5.41, 5.74) is 6.76. The molecule has 0 radical (unpaired) electrons. The fourth-order valence-electron chi connectivity index (χ4n) is 3.77. The fourth-order valence-corrected chi connectivity index (χ4v) is 4.85. The predicted octanol–water partition coefficient (Wildman–Crippen LogP) is 2.94. The fraction of sp³-hybridized carbons (Fsp3) is 0.412. The number of pyridine rings is 1. The Hall–Kier alpha value is -1.56. The number of carbonyl (C=O) groups is 1. The number of fused-ring (bicyclic) bond motifs is 4. The second-order valence-corrected chi connectivity index (χ2v) is 6.97. The molecule has 5 rings (SSSR count). The monoisotopic (exact) mass is 313 g/mol. The normalized spacial score (nSPS) is 27.5. The molecule has 0 saturated carbocycles. The number of hydrogen-bond donors (Lipinski definition) is 1. The highest BCUT2D eigenvalue weighted by atomic mass is 32.1. The van der Waals surface area contributed by atoms with Gasteiger partial charge < -0.3 is 0 Å². The van der Waals surface area contributed by atoms with Gasteiger partial charge in [-0.25, -0.2) is 5.01 Å². The van der Waals surface area contributed by atoms with Crippen LogP contribution in [0.3, 0.4) is 0 Å². The highest BCUT2D eigenvalue weighted by Gasteiger charge is 2.34. The molecule has 2 aromatic rings. The van der Waals surface area contributed by atoms with Gasteiger partial charge in [0.1, 0.15) is 0 Å². The first kappa shape index (κ1) is 14.1. The van der Waals surface area contributed by atoms with Crippen LogP contribution in [0.2, 0.25) is 0 Å². The highest BCUT2D eigenvalue weighted by Crippen LogP contribution is 2.43. The van der Waals surface area contributed by atoms with Crippen LogP contribution in [0, 0.1) is 5.92 Å². The van der Waals surface area contributed by atoms with Crippen molar-refractivity contribution in [1.82, 2.24) is 15.4 Å². The Morgan fingerprint density at radius 3 is 2.95 bits per heavy atom. The zero-order valence-corrected chi connectivity index (χ0v) is 13.2. The van der Waals surface area contributed by atoms with Crippen LogP contribution in [-0.2, 0) is 0 Å². The molecule has 0 spiro atoms. The second kappa shape index (κ2) is 5.91. The van der Waals surface area contributed by atoms with Gasteiger partial charge in [-0.05, 0) is 30.4 Å². The van der Waals surface area contributed by atoms with Gasteiger partial charge in [0.2, 0.25) is 0 Å². The van der Waals surface area contributed by atoms with Crippen molar-refractivity contribution in [1.29, 1.82) is 0 Å². The molecule has 5 heterocycles. The van der Waals surface area contributed by atoms with Gasteiger partial charge in [0.05, 0.1) is 0 Å². The standard InChI is InChI=1S/C17H19N3OS/c21-10-14-11-22-17(13-2-1-5-18-8-13)16(14)15-9-19-20-6-3-12(15)4-7-20/h1-2,5,8,10-12,15,19H,3-4,6-7,9H2. The number of hydrogen-bond acceptors (Lipinski definition) is 5. The zero-order valence-electron chi connectivity index (χ0n) is 12.4. The smallest absolute Gasteiger partial charge is 0.151 e. The average Bonchev–Trinajstić information content (AvgIpc) is 2.79. The van der Waals surface area contributed by atoms with Crippen LogP contribution < -0.4 is 5.43 Å². The minimum atomic E-state index is 0.411. The number of hydrazine groups is 1. The van der Waals surface area contributed by atoms with Crippen molar-refractivity contribution in [2.24, 2.45) is 5.92 Å². The summed E-state index contributed by atoms with van der Waals surface area (Å²) in [5.74, 6) is 1.07. The lowest BCUT2D eigenvalue weighted by Crippen LogP contribution is -2.39. The summed E-state index contributed by atoms with van der Waals surface area (Å²) < 4.78 is 0. The van der Waals surface area contributed by atoms with Gasteiger partial charge in [-0.1, -0.05) is 6.07 Å². The molecular formula is C17H19N3OS. The zero-order chi connectivity index (χ0) is 14.9. The van der Waals surface area contributed by atoms with Crippen molar-refractivity contribution in [2.45, 2.75) is 18.8 Å². The lowest BCUT2D eigenvalue weighted by atomic mass is 9.79. The molecule has 0 amide bonds. The number of piperidine rings is 1. The highest BCUT2D eigenvalue weighted by molar-refractivity contribution is 7.14. The second-order valence-electron chi connectivity index (χ2n) is 6.09. The average molecular weight is 313 g/mol. The quantitative estimate of drug-likeness (QED) is 0.885. The van der Waals surface area contributed by atoms with Crippen LogP contribution in [0.4, 0.5) is 0 Å². The first-order chi connectivity index (χ1) is 10.9. The molecule has 0 aliphatic carbocycles. The van der Waals surface area contributed by atoms with Crippen LogP contribution >= 0.6 is 11.3 Å². The number of rotatable bonds is 3. The van der Waals surface area contributed by atoms with E-state index >= 15 is 0 Å². The number of thiophene rings is 1. The van der Waals surface area contributed by atoms with Gasteiger partial charge in [0.15, 0.2) is 6.29 Å². The van der Waals surface area contributed by atoms with Gasteiger partial charge in [0, 0.05) is 59.3 Å². The molecule has 114 valence electrons. The number of aldehydes is 1. The van der Waals surface area contributed by atoms with E-state index in [2.05, 4.69) is 21.5 Å². The summed E-state index contributed by atoms with van der Waals surface area (Å²) in [7, 11) is 0. The van der Waals surface area contributed by atoms with Crippen molar-refractivity contribution in [3.8, 4) is 10.4 Å². The third kappa shape index (κ3) is 2.39. The van der Waals surface area contributed by atoms with Crippen molar-refractivity contribution in [3.63, 3.8) is 0 Å². The van der Waals surface area contributed by atoms with Crippen LogP contribution in [0.1, 0.15) is 34.7 Å². The number of carbonyl (C=O) groups excluding carboxylic acids is 1. The summed E-state index contributed by atoms with van der Waals surface area (Å²) in [6.07, 6.45) is 7.12. The molecule has 3 saturated heterocycles. The third-order valence-electron chi connectivity index (χ3n) is 4.92. The van der Waals surface area contributed by atoms with E-state index < -0.39 is 0 Å². The lowest BCUT2D eigenvalue weighted by molar-refractivity contribution is 0.112. The molecule has 3 fully saturated rings. The van der Waals surface area contributed by atoms with Gasteiger partial charge in [-0.3, -0.25) is 15.2 Å². The number of nitrogens with zero attached hydrogens (tertiary/aromatic N) is 2. The van der Waals surface area contributed by atoms with Crippen molar-refractivity contribution >= 4 is 17.6 Å². The van der Waals surface area contributed by atoms with E-state index in [1.165, 1.54) is 23.3 Å². The van der Waals surface area contributed by atoms with Crippen LogP contribution in [0.5, 0.6) is 0 Å². The minimum absolute atomic E-state index is 0.411.